The maximum atomic E-state index is 12.1. The molecule has 0 aliphatic carbocycles. The van der Waals surface area contributed by atoms with Crippen LogP contribution in [-0.4, -0.2) is 48.2 Å². The molecule has 1 rings (SSSR count). The van der Waals surface area contributed by atoms with Crippen molar-refractivity contribution in [1.82, 2.24) is 9.29 Å². The summed E-state index contributed by atoms with van der Waals surface area (Å²) >= 11 is 0. The van der Waals surface area contributed by atoms with Crippen LogP contribution in [0.15, 0.2) is 17.2 Å². The summed E-state index contributed by atoms with van der Waals surface area (Å²) in [4.78, 5) is 10.7. The molecule has 0 aromatic carbocycles. The number of carboxylic acids is 1. The van der Waals surface area contributed by atoms with Crippen molar-refractivity contribution in [2.24, 2.45) is 0 Å². The minimum Gasteiger partial charge on any atom is -0.477 e. The quantitative estimate of drug-likeness (QED) is 0.682. The van der Waals surface area contributed by atoms with Crippen molar-refractivity contribution < 1.29 is 32.2 Å². The Labute approximate surface area is 120 Å². The zero-order valence-electron chi connectivity index (χ0n) is 11.3. The van der Waals surface area contributed by atoms with Gasteiger partial charge in [0.25, 0.3) is 6.43 Å². The summed E-state index contributed by atoms with van der Waals surface area (Å²) in [5, 5.41) is 17.9. The fourth-order valence-electron chi connectivity index (χ4n) is 1.57. The Balaban J connectivity index is 3.04. The summed E-state index contributed by atoms with van der Waals surface area (Å²) in [5.41, 5.74) is -0.236. The fourth-order valence-corrected chi connectivity index (χ4v) is 2.64. The van der Waals surface area contributed by atoms with Crippen LogP contribution in [0.5, 0.6) is 0 Å². The predicted octanol–water partition coefficient (Wildman–Crippen LogP) is 0.671. The zero-order chi connectivity index (χ0) is 16.4. The Bertz CT molecular complexity index is 612. The Morgan fingerprint density at radius 1 is 1.43 bits per heavy atom. The largest absolute Gasteiger partial charge is 0.477 e. The van der Waals surface area contributed by atoms with Gasteiger partial charge in [-0.3, -0.25) is 0 Å². The van der Waals surface area contributed by atoms with Gasteiger partial charge in [0.05, 0.1) is 0 Å². The van der Waals surface area contributed by atoms with Crippen molar-refractivity contribution in [3.05, 3.63) is 18.0 Å². The van der Waals surface area contributed by atoms with Gasteiger partial charge in [-0.25, -0.2) is 26.7 Å². The molecule has 0 amide bonds. The minimum atomic E-state index is -4.19. The summed E-state index contributed by atoms with van der Waals surface area (Å²) in [5.74, 6) is -1.31. The lowest BCUT2D eigenvalue weighted by Crippen LogP contribution is -2.35. The van der Waals surface area contributed by atoms with Crippen LogP contribution in [0.4, 0.5) is 8.78 Å². The van der Waals surface area contributed by atoms with Crippen LogP contribution in [-0.2, 0) is 10.0 Å². The number of aliphatic hydroxyl groups excluding tert-OH is 1. The van der Waals surface area contributed by atoms with E-state index in [9.17, 15) is 22.0 Å². The normalized spacial score (nSPS) is 13.9. The smallest absolute Gasteiger partial charge is 0.352 e. The SMILES string of the molecule is CC(C)n1cc(S(=O)(=O)NCC(O)C(F)F)cc1C(=O)O. The summed E-state index contributed by atoms with van der Waals surface area (Å²) < 4.78 is 51.1. The van der Waals surface area contributed by atoms with E-state index in [1.165, 1.54) is 4.57 Å². The van der Waals surface area contributed by atoms with Gasteiger partial charge in [-0.05, 0) is 19.9 Å². The minimum absolute atomic E-state index is 0.236. The van der Waals surface area contributed by atoms with E-state index in [1.807, 2.05) is 4.72 Å². The Kier molecular flexibility index (Phi) is 5.42. The molecule has 1 heterocycles. The summed E-state index contributed by atoms with van der Waals surface area (Å²) in [6.07, 6.45) is -4.11. The highest BCUT2D eigenvalue weighted by atomic mass is 32.2. The van der Waals surface area contributed by atoms with Crippen LogP contribution in [0.1, 0.15) is 30.4 Å². The van der Waals surface area contributed by atoms with Gasteiger partial charge in [-0.15, -0.1) is 0 Å². The molecule has 1 atom stereocenters. The molecule has 3 N–H and O–H groups in total. The lowest BCUT2D eigenvalue weighted by Gasteiger charge is -2.11. The lowest BCUT2D eigenvalue weighted by molar-refractivity contribution is -0.000452. The summed E-state index contributed by atoms with van der Waals surface area (Å²) in [6, 6.07) is 0.631. The molecule has 0 aliphatic heterocycles. The van der Waals surface area contributed by atoms with E-state index < -0.39 is 35.1 Å². The maximum absolute atomic E-state index is 12.1. The van der Waals surface area contributed by atoms with Crippen LogP contribution in [0, 0.1) is 0 Å². The van der Waals surface area contributed by atoms with E-state index in [2.05, 4.69) is 0 Å². The molecule has 21 heavy (non-hydrogen) atoms. The molecule has 1 unspecified atom stereocenters. The third-order valence-electron chi connectivity index (χ3n) is 2.68. The number of sulfonamides is 1. The first-order valence-electron chi connectivity index (χ1n) is 5.97. The summed E-state index contributed by atoms with van der Waals surface area (Å²) in [6.45, 7) is 2.46. The molecule has 0 bridgehead atoms. The molecule has 0 aliphatic rings. The maximum Gasteiger partial charge on any atom is 0.352 e. The topological polar surface area (TPSA) is 109 Å². The molecule has 1 aromatic heterocycles. The van der Waals surface area contributed by atoms with Gasteiger partial charge < -0.3 is 14.8 Å². The Morgan fingerprint density at radius 3 is 2.38 bits per heavy atom. The highest BCUT2D eigenvalue weighted by Gasteiger charge is 2.25. The molecular weight excluding hydrogens is 310 g/mol. The third-order valence-corrected chi connectivity index (χ3v) is 4.07. The average molecular weight is 326 g/mol. The number of halogens is 2. The molecule has 10 heteroatoms. The molecule has 120 valence electrons. The number of aromatic nitrogens is 1. The van der Waals surface area contributed by atoms with Crippen molar-refractivity contribution in [2.75, 3.05) is 6.54 Å². The van der Waals surface area contributed by atoms with Gasteiger partial charge in [-0.1, -0.05) is 0 Å². The molecular formula is C11H16F2N2O5S. The van der Waals surface area contributed by atoms with Gasteiger partial charge in [0.2, 0.25) is 10.0 Å². The number of aromatic carboxylic acids is 1. The number of alkyl halides is 2. The number of nitrogens with one attached hydrogen (secondary N) is 1. The predicted molar refractivity (Wildman–Crippen MR) is 69.0 cm³/mol. The number of carbonyl (C=O) groups is 1. The van der Waals surface area contributed by atoms with E-state index in [0.717, 1.165) is 12.3 Å². The number of carboxylic acid groups (broad SMARTS) is 1. The monoisotopic (exact) mass is 326 g/mol. The van der Waals surface area contributed by atoms with Crippen molar-refractivity contribution >= 4 is 16.0 Å². The highest BCUT2D eigenvalue weighted by molar-refractivity contribution is 7.89. The van der Waals surface area contributed by atoms with Crippen LogP contribution >= 0.6 is 0 Å². The third kappa shape index (κ3) is 4.22. The van der Waals surface area contributed by atoms with E-state index in [1.54, 1.807) is 13.8 Å². The van der Waals surface area contributed by atoms with Crippen molar-refractivity contribution in [3.63, 3.8) is 0 Å². The molecule has 0 saturated carbocycles. The molecule has 0 fully saturated rings. The molecule has 0 radical (unpaired) electrons. The first-order chi connectivity index (χ1) is 9.56. The average Bonchev–Trinajstić information content (AvgIpc) is 2.81. The van der Waals surface area contributed by atoms with Crippen LogP contribution in [0.25, 0.3) is 0 Å². The molecule has 1 aromatic rings. The van der Waals surface area contributed by atoms with Gasteiger partial charge in [0.15, 0.2) is 0 Å². The van der Waals surface area contributed by atoms with Crippen molar-refractivity contribution in [2.45, 2.75) is 37.3 Å². The van der Waals surface area contributed by atoms with Crippen molar-refractivity contribution in [3.8, 4) is 0 Å². The zero-order valence-corrected chi connectivity index (χ0v) is 12.1. The standard InChI is InChI=1S/C11H16F2N2O5S/c1-6(2)15-5-7(3-8(15)11(17)18)21(19,20)14-4-9(16)10(12)13/h3,5-6,9-10,14,16H,4H2,1-2H3,(H,17,18). The highest BCUT2D eigenvalue weighted by Crippen LogP contribution is 2.19. The van der Waals surface area contributed by atoms with Crippen LogP contribution in [0.2, 0.25) is 0 Å². The van der Waals surface area contributed by atoms with Gasteiger partial charge >= 0.3 is 5.97 Å². The Morgan fingerprint density at radius 2 is 2.00 bits per heavy atom. The van der Waals surface area contributed by atoms with Gasteiger partial charge in [0.1, 0.15) is 16.7 Å². The summed E-state index contributed by atoms with van der Waals surface area (Å²) in [7, 11) is -4.19. The van der Waals surface area contributed by atoms with E-state index in [0.29, 0.717) is 0 Å². The second-order valence-corrected chi connectivity index (χ2v) is 6.39. The van der Waals surface area contributed by atoms with E-state index in [4.69, 9.17) is 10.2 Å². The van der Waals surface area contributed by atoms with Crippen LogP contribution in [0.3, 0.4) is 0 Å². The first-order valence-corrected chi connectivity index (χ1v) is 7.45. The number of rotatable bonds is 7. The van der Waals surface area contributed by atoms with Gasteiger partial charge in [0, 0.05) is 18.8 Å². The number of hydrogen-bond acceptors (Lipinski definition) is 4. The fraction of sp³-hybridized carbons (Fsp3) is 0.545. The Hall–Kier alpha value is -1.52. The van der Waals surface area contributed by atoms with Gasteiger partial charge in [-0.2, -0.15) is 0 Å². The number of hydrogen-bond donors (Lipinski definition) is 3. The van der Waals surface area contributed by atoms with E-state index in [-0.39, 0.29) is 16.6 Å². The van der Waals surface area contributed by atoms with E-state index >= 15 is 0 Å². The molecule has 7 nitrogen and oxygen atoms in total. The second kappa shape index (κ2) is 6.50. The number of nitrogens with zero attached hydrogens (tertiary/aromatic N) is 1. The number of aliphatic hydroxyl groups is 1. The first kappa shape index (κ1) is 17.5. The second-order valence-electron chi connectivity index (χ2n) is 4.62. The van der Waals surface area contributed by atoms with Crippen molar-refractivity contribution in [1.29, 1.82) is 0 Å². The van der Waals surface area contributed by atoms with Crippen LogP contribution < -0.4 is 4.72 Å². The molecule has 0 spiro atoms. The lowest BCUT2D eigenvalue weighted by atomic mass is 10.3. The molecule has 0 saturated heterocycles.